The number of allylic oxidation sites excluding steroid dienone is 4. The van der Waals surface area contributed by atoms with Gasteiger partial charge in [0.25, 0.3) is 0 Å². The van der Waals surface area contributed by atoms with Crippen LogP contribution < -0.4 is 11.1 Å². The molecule has 1 heterocycles. The van der Waals surface area contributed by atoms with Crippen molar-refractivity contribution >= 4 is 17.6 Å². The van der Waals surface area contributed by atoms with E-state index >= 15 is 0 Å². The van der Waals surface area contributed by atoms with E-state index in [9.17, 15) is 4.79 Å². The summed E-state index contributed by atoms with van der Waals surface area (Å²) in [4.78, 5) is 13.1. The highest BCUT2D eigenvalue weighted by atomic mass is 35.5. The third-order valence-corrected chi connectivity index (χ3v) is 5.39. The molecule has 1 atom stereocenters. The van der Waals surface area contributed by atoms with Crippen molar-refractivity contribution in [2.75, 3.05) is 13.2 Å². The zero-order valence-electron chi connectivity index (χ0n) is 17.1. The second-order valence-corrected chi connectivity index (χ2v) is 7.34. The van der Waals surface area contributed by atoms with Crippen molar-refractivity contribution in [3.63, 3.8) is 0 Å². The van der Waals surface area contributed by atoms with Gasteiger partial charge in [-0.2, -0.15) is 0 Å². The summed E-state index contributed by atoms with van der Waals surface area (Å²) in [5.41, 5.74) is 11.1. The van der Waals surface area contributed by atoms with Crippen LogP contribution in [0.4, 0.5) is 0 Å². The maximum atomic E-state index is 13.1. The fraction of sp³-hybridized carbons (Fsp3) is 0.435. The number of benzene rings is 1. The zero-order chi connectivity index (χ0) is 20.7. The van der Waals surface area contributed by atoms with Gasteiger partial charge in [0, 0.05) is 22.3 Å². The number of nitrogens with one attached hydrogen (secondary N) is 1. The number of ether oxygens (including phenoxy) is 1. The first kappa shape index (κ1) is 22.3. The van der Waals surface area contributed by atoms with Crippen molar-refractivity contribution in [3.05, 3.63) is 69.5 Å². The molecule has 0 saturated carbocycles. The monoisotopic (exact) mass is 402 g/mol. The predicted octanol–water partition coefficient (Wildman–Crippen LogP) is 5.21. The maximum absolute atomic E-state index is 13.1. The third kappa shape index (κ3) is 4.86. The van der Waals surface area contributed by atoms with Crippen molar-refractivity contribution in [2.45, 2.75) is 52.4 Å². The van der Waals surface area contributed by atoms with E-state index in [0.29, 0.717) is 23.7 Å². The van der Waals surface area contributed by atoms with E-state index in [1.165, 1.54) is 0 Å². The fourth-order valence-electron chi connectivity index (χ4n) is 3.67. The molecule has 4 nitrogen and oxygen atoms in total. The van der Waals surface area contributed by atoms with Crippen molar-refractivity contribution in [1.29, 1.82) is 0 Å². The van der Waals surface area contributed by atoms with Gasteiger partial charge in [-0.3, -0.25) is 0 Å². The number of rotatable bonds is 9. The summed E-state index contributed by atoms with van der Waals surface area (Å²) in [6, 6.07) is 7.68. The molecule has 1 aliphatic rings. The van der Waals surface area contributed by atoms with Gasteiger partial charge in [-0.1, -0.05) is 43.3 Å². The van der Waals surface area contributed by atoms with Gasteiger partial charge in [-0.15, -0.1) is 0 Å². The van der Waals surface area contributed by atoms with Crippen LogP contribution in [-0.2, 0) is 9.53 Å². The summed E-state index contributed by atoms with van der Waals surface area (Å²) >= 11 is 6.58. The van der Waals surface area contributed by atoms with Crippen LogP contribution in [0, 0.1) is 0 Å². The number of esters is 1. The molecule has 0 bridgehead atoms. The Bertz CT molecular complexity index is 796. The van der Waals surface area contributed by atoms with E-state index < -0.39 is 0 Å². The lowest BCUT2D eigenvalue weighted by Crippen LogP contribution is -2.31. The SMILES string of the molecule is C=C(CC)C1=C(C)NC(CCCCN)=C(C(=O)OCC)C1c1ccccc1Cl. The van der Waals surface area contributed by atoms with E-state index in [4.69, 9.17) is 22.1 Å². The minimum atomic E-state index is -0.309. The lowest BCUT2D eigenvalue weighted by molar-refractivity contribution is -0.138. The molecule has 0 saturated heterocycles. The van der Waals surface area contributed by atoms with Gasteiger partial charge in [0.05, 0.1) is 12.2 Å². The molecule has 1 aromatic carbocycles. The van der Waals surface area contributed by atoms with E-state index in [2.05, 4.69) is 18.8 Å². The van der Waals surface area contributed by atoms with Crippen LogP contribution in [0.1, 0.15) is 57.9 Å². The molecule has 5 heteroatoms. The number of hydrogen-bond acceptors (Lipinski definition) is 4. The summed E-state index contributed by atoms with van der Waals surface area (Å²) in [5.74, 6) is -0.606. The van der Waals surface area contributed by atoms with Gasteiger partial charge in [-0.25, -0.2) is 4.79 Å². The molecular weight excluding hydrogens is 372 g/mol. The lowest BCUT2D eigenvalue weighted by atomic mass is 9.76. The van der Waals surface area contributed by atoms with Crippen LogP contribution in [0.5, 0.6) is 0 Å². The molecule has 0 aliphatic carbocycles. The number of dihydropyridines is 1. The van der Waals surface area contributed by atoms with Crippen molar-refractivity contribution in [2.24, 2.45) is 5.73 Å². The van der Waals surface area contributed by atoms with Crippen LogP contribution in [-0.4, -0.2) is 19.1 Å². The minimum absolute atomic E-state index is 0.297. The number of unbranched alkanes of at least 4 members (excludes halogenated alkanes) is 1. The molecule has 0 aromatic heterocycles. The van der Waals surface area contributed by atoms with Crippen molar-refractivity contribution < 1.29 is 9.53 Å². The fourth-order valence-corrected chi connectivity index (χ4v) is 3.91. The standard InChI is InChI=1S/C23H31ClN2O2/c1-5-15(3)20-16(4)26-19(13-9-10-14-25)22(23(27)28-6-2)21(20)17-11-7-8-12-18(17)24/h7-8,11-12,21,26H,3,5-6,9-10,13-14,25H2,1-2,4H3. The molecule has 152 valence electrons. The number of halogens is 1. The quantitative estimate of drug-likeness (QED) is 0.439. The van der Waals surface area contributed by atoms with Gasteiger partial charge in [0.2, 0.25) is 0 Å². The Morgan fingerprint density at radius 1 is 1.25 bits per heavy atom. The Morgan fingerprint density at radius 2 is 1.96 bits per heavy atom. The van der Waals surface area contributed by atoms with Gasteiger partial charge < -0.3 is 15.8 Å². The molecule has 3 N–H and O–H groups in total. The maximum Gasteiger partial charge on any atom is 0.336 e. The first-order valence-corrected chi connectivity index (χ1v) is 10.3. The molecule has 28 heavy (non-hydrogen) atoms. The van der Waals surface area contributed by atoms with E-state index in [1.807, 2.05) is 38.1 Å². The number of carbonyl (C=O) groups excluding carboxylic acids is 1. The normalized spacial score (nSPS) is 16.8. The topological polar surface area (TPSA) is 64.3 Å². The lowest BCUT2D eigenvalue weighted by Gasteiger charge is -2.34. The second kappa shape index (κ2) is 10.5. The first-order chi connectivity index (χ1) is 13.5. The molecule has 1 aliphatic heterocycles. The summed E-state index contributed by atoms with van der Waals surface area (Å²) in [5, 5.41) is 4.09. The van der Waals surface area contributed by atoms with Crippen LogP contribution >= 0.6 is 11.6 Å². The summed E-state index contributed by atoms with van der Waals surface area (Å²) in [7, 11) is 0. The zero-order valence-corrected chi connectivity index (χ0v) is 17.9. The number of hydrogen-bond donors (Lipinski definition) is 2. The van der Waals surface area contributed by atoms with Crippen LogP contribution in [0.2, 0.25) is 5.02 Å². The van der Waals surface area contributed by atoms with Gasteiger partial charge >= 0.3 is 5.97 Å². The molecule has 0 radical (unpaired) electrons. The highest BCUT2D eigenvalue weighted by molar-refractivity contribution is 6.31. The molecule has 0 fully saturated rings. The Balaban J connectivity index is 2.67. The second-order valence-electron chi connectivity index (χ2n) is 6.93. The molecule has 0 spiro atoms. The average molecular weight is 403 g/mol. The molecule has 0 amide bonds. The highest BCUT2D eigenvalue weighted by Crippen LogP contribution is 2.45. The minimum Gasteiger partial charge on any atom is -0.463 e. The largest absolute Gasteiger partial charge is 0.463 e. The first-order valence-electron chi connectivity index (χ1n) is 9.96. The number of nitrogens with two attached hydrogens (primary N) is 1. The Kier molecular flexibility index (Phi) is 8.34. The number of carbonyl (C=O) groups is 1. The van der Waals surface area contributed by atoms with Gasteiger partial charge in [0.15, 0.2) is 0 Å². The summed E-state index contributed by atoms with van der Waals surface area (Å²) < 4.78 is 5.45. The van der Waals surface area contributed by atoms with Crippen LogP contribution in [0.25, 0.3) is 0 Å². The summed E-state index contributed by atoms with van der Waals surface area (Å²) in [6.45, 7) is 11.1. The predicted molar refractivity (Wildman–Crippen MR) is 116 cm³/mol. The average Bonchev–Trinajstić information content (AvgIpc) is 2.67. The Hall–Kier alpha value is -2.04. The van der Waals surface area contributed by atoms with Crippen LogP contribution in [0.3, 0.4) is 0 Å². The van der Waals surface area contributed by atoms with Crippen LogP contribution in [0.15, 0.2) is 59.0 Å². The van der Waals surface area contributed by atoms with Crippen molar-refractivity contribution in [1.82, 2.24) is 5.32 Å². The molecule has 1 unspecified atom stereocenters. The molecule has 2 rings (SSSR count). The van der Waals surface area contributed by atoms with Gasteiger partial charge in [-0.05, 0) is 68.9 Å². The Morgan fingerprint density at radius 3 is 2.57 bits per heavy atom. The smallest absolute Gasteiger partial charge is 0.336 e. The Labute approximate surface area is 173 Å². The molecule has 1 aromatic rings. The highest BCUT2D eigenvalue weighted by Gasteiger charge is 2.36. The summed E-state index contributed by atoms with van der Waals surface area (Å²) in [6.07, 6.45) is 3.31. The van der Waals surface area contributed by atoms with Gasteiger partial charge in [0.1, 0.15) is 0 Å². The molecular formula is C23H31ClN2O2. The van der Waals surface area contributed by atoms with E-state index in [-0.39, 0.29) is 11.9 Å². The van der Waals surface area contributed by atoms with Crippen molar-refractivity contribution in [3.8, 4) is 0 Å². The van der Waals surface area contributed by atoms with E-state index in [1.54, 1.807) is 0 Å². The van der Waals surface area contributed by atoms with E-state index in [0.717, 1.165) is 53.8 Å². The third-order valence-electron chi connectivity index (χ3n) is 5.05.